The first-order valence-corrected chi connectivity index (χ1v) is 6.90. The van der Waals surface area contributed by atoms with Crippen molar-refractivity contribution < 1.29 is 26.7 Å². The summed E-state index contributed by atoms with van der Waals surface area (Å²) in [6.07, 6.45) is 1.21. The van der Waals surface area contributed by atoms with E-state index in [0.717, 1.165) is 4.90 Å². The number of benzene rings is 1. The van der Waals surface area contributed by atoms with Gasteiger partial charge in [0, 0.05) is 17.9 Å². The summed E-state index contributed by atoms with van der Waals surface area (Å²) >= 11 is 3.15. The molecule has 1 aliphatic heterocycles. The third kappa shape index (κ3) is 2.30. The van der Waals surface area contributed by atoms with Crippen LogP contribution in [0.15, 0.2) is 0 Å². The zero-order valence-electron chi connectivity index (χ0n) is 10.0. The van der Waals surface area contributed by atoms with Gasteiger partial charge in [-0.1, -0.05) is 15.9 Å². The third-order valence-electron chi connectivity index (χ3n) is 3.24. The van der Waals surface area contributed by atoms with Crippen molar-refractivity contribution in [2.45, 2.75) is 18.9 Å². The second-order valence-electron chi connectivity index (χ2n) is 4.39. The van der Waals surface area contributed by atoms with E-state index < -0.39 is 40.6 Å². The summed E-state index contributed by atoms with van der Waals surface area (Å²) in [4.78, 5) is 13.2. The molecule has 0 bridgehead atoms. The summed E-state index contributed by atoms with van der Waals surface area (Å²) in [7, 11) is 0. The quantitative estimate of drug-likeness (QED) is 0.344. The van der Waals surface area contributed by atoms with E-state index >= 15 is 0 Å². The van der Waals surface area contributed by atoms with Crippen molar-refractivity contribution in [3.05, 3.63) is 34.6 Å². The highest BCUT2D eigenvalue weighted by Gasteiger charge is 2.35. The Morgan fingerprint density at radius 1 is 1.05 bits per heavy atom. The Bertz CT molecular complexity index is 536. The molecule has 1 heterocycles. The maximum atomic E-state index is 13.6. The normalized spacial score (nSPS) is 18.7. The lowest BCUT2D eigenvalue weighted by molar-refractivity contribution is 0.0737. The van der Waals surface area contributed by atoms with Crippen molar-refractivity contribution in [3.63, 3.8) is 0 Å². The van der Waals surface area contributed by atoms with Crippen LogP contribution in [-0.4, -0.2) is 28.7 Å². The number of hydrogen-bond acceptors (Lipinski definition) is 1. The lowest BCUT2D eigenvalue weighted by Crippen LogP contribution is -2.38. The lowest BCUT2D eigenvalue weighted by atomic mass is 10.1. The van der Waals surface area contributed by atoms with Gasteiger partial charge < -0.3 is 4.90 Å². The van der Waals surface area contributed by atoms with Gasteiger partial charge in [0.1, 0.15) is 5.56 Å². The van der Waals surface area contributed by atoms with Crippen LogP contribution in [0, 0.1) is 29.1 Å². The first kappa shape index (κ1) is 15.2. The number of carbonyl (C=O) groups is 1. The van der Waals surface area contributed by atoms with E-state index in [2.05, 4.69) is 15.9 Å². The average molecular weight is 358 g/mol. The molecule has 0 spiro atoms. The molecule has 0 saturated carbocycles. The molecule has 0 N–H and O–H groups in total. The third-order valence-corrected chi connectivity index (χ3v) is 3.99. The zero-order valence-corrected chi connectivity index (χ0v) is 11.6. The van der Waals surface area contributed by atoms with E-state index in [1.807, 2.05) is 0 Å². The van der Waals surface area contributed by atoms with Gasteiger partial charge >= 0.3 is 0 Å². The van der Waals surface area contributed by atoms with Gasteiger partial charge in [-0.05, 0) is 12.8 Å². The molecule has 1 aromatic carbocycles. The smallest absolute Gasteiger partial charge is 0.260 e. The first-order valence-electron chi connectivity index (χ1n) is 5.78. The highest BCUT2D eigenvalue weighted by atomic mass is 79.9. The molecule has 1 unspecified atom stereocenters. The van der Waals surface area contributed by atoms with Gasteiger partial charge in [0.2, 0.25) is 5.82 Å². The number of halogens is 6. The number of carbonyl (C=O) groups excluding carboxylic acids is 1. The molecule has 1 fully saturated rings. The fourth-order valence-corrected chi connectivity index (χ4v) is 2.87. The molecule has 1 atom stereocenters. The van der Waals surface area contributed by atoms with Crippen LogP contribution in [0.3, 0.4) is 0 Å². The summed E-state index contributed by atoms with van der Waals surface area (Å²) in [6.45, 7) is 0.217. The minimum atomic E-state index is -2.27. The van der Waals surface area contributed by atoms with Crippen molar-refractivity contribution in [3.8, 4) is 0 Å². The predicted molar refractivity (Wildman–Crippen MR) is 64.1 cm³/mol. The van der Waals surface area contributed by atoms with Crippen molar-refractivity contribution >= 4 is 21.8 Å². The van der Waals surface area contributed by atoms with Crippen molar-refractivity contribution in [2.24, 2.45) is 0 Å². The predicted octanol–water partition coefficient (Wildman–Crippen LogP) is 3.38. The minimum Gasteiger partial charge on any atom is -0.335 e. The Morgan fingerprint density at radius 3 is 2.05 bits per heavy atom. The molecule has 20 heavy (non-hydrogen) atoms. The molecule has 0 aliphatic carbocycles. The van der Waals surface area contributed by atoms with Crippen LogP contribution in [0.1, 0.15) is 23.2 Å². The maximum Gasteiger partial charge on any atom is 0.260 e. The maximum absolute atomic E-state index is 13.6. The Balaban J connectivity index is 2.50. The molecule has 1 saturated heterocycles. The van der Waals surface area contributed by atoms with Crippen molar-refractivity contribution in [2.75, 3.05) is 11.9 Å². The first-order chi connectivity index (χ1) is 9.40. The number of rotatable bonds is 2. The Kier molecular flexibility index (Phi) is 4.31. The minimum absolute atomic E-state index is 0.217. The van der Waals surface area contributed by atoms with Crippen LogP contribution in [0.4, 0.5) is 22.0 Å². The molecule has 1 amide bonds. The highest BCUT2D eigenvalue weighted by Crippen LogP contribution is 2.27. The summed E-state index contributed by atoms with van der Waals surface area (Å²) in [5.41, 5.74) is -1.39. The van der Waals surface area contributed by atoms with Gasteiger partial charge in [-0.25, -0.2) is 22.0 Å². The largest absolute Gasteiger partial charge is 0.335 e. The van der Waals surface area contributed by atoms with Gasteiger partial charge in [0.15, 0.2) is 23.3 Å². The molecule has 110 valence electrons. The highest BCUT2D eigenvalue weighted by molar-refractivity contribution is 9.09. The molecule has 2 nitrogen and oxygen atoms in total. The Labute approximate surface area is 119 Å². The Hall–Kier alpha value is -1.18. The number of amides is 1. The molecule has 2 rings (SSSR count). The van der Waals surface area contributed by atoms with E-state index in [4.69, 9.17) is 0 Å². The van der Waals surface area contributed by atoms with Crippen LogP contribution >= 0.6 is 15.9 Å². The Morgan fingerprint density at radius 2 is 1.55 bits per heavy atom. The molecule has 8 heteroatoms. The van der Waals surface area contributed by atoms with E-state index in [9.17, 15) is 26.7 Å². The zero-order chi connectivity index (χ0) is 15.0. The fourth-order valence-electron chi connectivity index (χ4n) is 2.20. The fraction of sp³-hybridized carbons (Fsp3) is 0.417. The summed E-state index contributed by atoms with van der Waals surface area (Å²) in [5, 5.41) is 0.369. The molecule has 1 aromatic rings. The topological polar surface area (TPSA) is 20.3 Å². The van der Waals surface area contributed by atoms with Gasteiger partial charge in [0.25, 0.3) is 5.91 Å². The van der Waals surface area contributed by atoms with Crippen molar-refractivity contribution in [1.82, 2.24) is 4.90 Å². The van der Waals surface area contributed by atoms with Gasteiger partial charge in [-0.3, -0.25) is 4.79 Å². The van der Waals surface area contributed by atoms with Gasteiger partial charge in [-0.2, -0.15) is 0 Å². The molecule has 0 radical (unpaired) electrons. The van der Waals surface area contributed by atoms with Crippen LogP contribution in [0.25, 0.3) is 0 Å². The second kappa shape index (κ2) is 5.67. The SMILES string of the molecule is O=C(c1c(F)c(F)c(F)c(F)c1F)N1CCCC1CBr. The molecule has 0 aromatic heterocycles. The van der Waals surface area contributed by atoms with E-state index in [1.165, 1.54) is 0 Å². The number of nitrogens with zero attached hydrogens (tertiary/aromatic N) is 1. The van der Waals surface area contributed by atoms with Gasteiger partial charge in [0.05, 0.1) is 0 Å². The summed E-state index contributed by atoms with van der Waals surface area (Å²) in [5.74, 6) is -11.9. The number of hydrogen-bond donors (Lipinski definition) is 0. The molecular weight excluding hydrogens is 349 g/mol. The average Bonchev–Trinajstić information content (AvgIpc) is 2.91. The van der Waals surface area contributed by atoms with E-state index in [0.29, 0.717) is 18.2 Å². The van der Waals surface area contributed by atoms with Crippen molar-refractivity contribution in [1.29, 1.82) is 0 Å². The van der Waals surface area contributed by atoms with E-state index in [1.54, 1.807) is 0 Å². The lowest BCUT2D eigenvalue weighted by Gasteiger charge is -2.23. The van der Waals surface area contributed by atoms with Crippen LogP contribution in [0.5, 0.6) is 0 Å². The number of likely N-dealkylation sites (tertiary alicyclic amines) is 1. The second-order valence-corrected chi connectivity index (χ2v) is 5.04. The van der Waals surface area contributed by atoms with E-state index in [-0.39, 0.29) is 12.6 Å². The standard InChI is InChI=1S/C12H9BrF5NO/c13-4-5-2-1-3-19(5)12(20)6-7(14)9(16)11(18)10(17)8(6)15/h5H,1-4H2. The van der Waals surface area contributed by atoms with Crippen LogP contribution in [0.2, 0.25) is 0 Å². The summed E-state index contributed by atoms with van der Waals surface area (Å²) in [6, 6.07) is -0.322. The van der Waals surface area contributed by atoms with Crippen LogP contribution in [-0.2, 0) is 0 Å². The monoisotopic (exact) mass is 357 g/mol. The molecule has 1 aliphatic rings. The van der Waals surface area contributed by atoms with Gasteiger partial charge in [-0.15, -0.1) is 0 Å². The van der Waals surface area contributed by atoms with Crippen LogP contribution < -0.4 is 0 Å². The number of alkyl halides is 1. The molecular formula is C12H9BrF5NO. The summed E-state index contributed by atoms with van der Waals surface area (Å²) < 4.78 is 66.2.